The lowest BCUT2D eigenvalue weighted by molar-refractivity contribution is 0.215. The predicted octanol–water partition coefficient (Wildman–Crippen LogP) is 3.34. The zero-order valence-corrected chi connectivity index (χ0v) is 11.9. The molecule has 0 aliphatic rings. The van der Waals surface area contributed by atoms with Crippen molar-refractivity contribution in [2.75, 3.05) is 12.4 Å². The summed E-state index contributed by atoms with van der Waals surface area (Å²) in [5.41, 5.74) is 2.35. The molecule has 3 rings (SSSR count). The Kier molecular flexibility index (Phi) is 3.70. The number of anilines is 2. The summed E-state index contributed by atoms with van der Waals surface area (Å²) in [6.45, 7) is 0. The molecule has 0 saturated carbocycles. The SMILES string of the molecule is CON=Cc1cc2c(Nc3cccc(Cl)c3)ncnc2[nH]1. The monoisotopic (exact) mass is 301 g/mol. The smallest absolute Gasteiger partial charge is 0.143 e. The van der Waals surface area contributed by atoms with Gasteiger partial charge in [0.25, 0.3) is 0 Å². The van der Waals surface area contributed by atoms with E-state index in [-0.39, 0.29) is 0 Å². The quantitative estimate of drug-likeness (QED) is 0.572. The van der Waals surface area contributed by atoms with E-state index in [0.29, 0.717) is 16.5 Å². The van der Waals surface area contributed by atoms with Gasteiger partial charge in [0.2, 0.25) is 0 Å². The first-order valence-electron chi connectivity index (χ1n) is 6.19. The van der Waals surface area contributed by atoms with Crippen LogP contribution in [0.15, 0.2) is 41.8 Å². The molecule has 0 aliphatic heterocycles. The highest BCUT2D eigenvalue weighted by Crippen LogP contribution is 2.24. The Morgan fingerprint density at radius 3 is 3.05 bits per heavy atom. The number of fused-ring (bicyclic) bond motifs is 1. The lowest BCUT2D eigenvalue weighted by Gasteiger charge is -2.06. The predicted molar refractivity (Wildman–Crippen MR) is 83.2 cm³/mol. The van der Waals surface area contributed by atoms with E-state index in [1.54, 1.807) is 6.21 Å². The van der Waals surface area contributed by atoms with E-state index >= 15 is 0 Å². The third kappa shape index (κ3) is 2.95. The minimum absolute atomic E-state index is 0.660. The van der Waals surface area contributed by atoms with Crippen LogP contribution in [0, 0.1) is 0 Å². The molecule has 3 aromatic rings. The van der Waals surface area contributed by atoms with Crippen LogP contribution in [0.2, 0.25) is 5.02 Å². The van der Waals surface area contributed by atoms with Gasteiger partial charge in [-0.3, -0.25) is 0 Å². The Hall–Kier alpha value is -2.60. The van der Waals surface area contributed by atoms with Crippen LogP contribution in [0.4, 0.5) is 11.5 Å². The first kappa shape index (κ1) is 13.4. The van der Waals surface area contributed by atoms with Crippen LogP contribution in [0.1, 0.15) is 5.69 Å². The van der Waals surface area contributed by atoms with Crippen molar-refractivity contribution >= 4 is 40.4 Å². The van der Waals surface area contributed by atoms with Crippen LogP contribution in [0.3, 0.4) is 0 Å². The number of rotatable bonds is 4. The highest BCUT2D eigenvalue weighted by molar-refractivity contribution is 6.30. The number of hydrogen-bond acceptors (Lipinski definition) is 5. The fourth-order valence-electron chi connectivity index (χ4n) is 1.94. The standard InChI is InChI=1S/C14H12ClN5O/c1-21-18-7-11-6-12-13(16-8-17-14(12)20-11)19-10-4-2-3-9(15)5-10/h2-8H,1H3,(H2,16,17,19,20). The summed E-state index contributed by atoms with van der Waals surface area (Å²) in [6, 6.07) is 9.33. The van der Waals surface area contributed by atoms with Crippen molar-refractivity contribution in [3.63, 3.8) is 0 Å². The molecule has 0 atom stereocenters. The molecule has 106 valence electrons. The first-order valence-corrected chi connectivity index (χ1v) is 6.57. The van der Waals surface area contributed by atoms with Crippen LogP contribution in [-0.2, 0) is 4.84 Å². The molecule has 21 heavy (non-hydrogen) atoms. The number of aromatic amines is 1. The first-order chi connectivity index (χ1) is 10.3. The van der Waals surface area contributed by atoms with Gasteiger partial charge in [-0.1, -0.05) is 22.8 Å². The van der Waals surface area contributed by atoms with Crippen LogP contribution in [0.5, 0.6) is 0 Å². The van der Waals surface area contributed by atoms with Gasteiger partial charge in [-0.05, 0) is 24.3 Å². The molecule has 7 heteroatoms. The van der Waals surface area contributed by atoms with Crippen molar-refractivity contribution in [3.8, 4) is 0 Å². The van der Waals surface area contributed by atoms with E-state index in [4.69, 9.17) is 11.6 Å². The van der Waals surface area contributed by atoms with Crippen molar-refractivity contribution < 1.29 is 4.84 Å². The van der Waals surface area contributed by atoms with Gasteiger partial charge in [0.1, 0.15) is 24.9 Å². The Morgan fingerprint density at radius 2 is 2.24 bits per heavy atom. The lowest BCUT2D eigenvalue weighted by Crippen LogP contribution is -1.94. The van der Waals surface area contributed by atoms with Gasteiger partial charge in [-0.15, -0.1) is 0 Å². The maximum Gasteiger partial charge on any atom is 0.143 e. The molecule has 0 unspecified atom stereocenters. The molecule has 2 aromatic heterocycles. The summed E-state index contributed by atoms with van der Waals surface area (Å²) < 4.78 is 0. The van der Waals surface area contributed by atoms with Crippen LogP contribution in [-0.4, -0.2) is 28.3 Å². The number of aromatic nitrogens is 3. The second-order valence-electron chi connectivity index (χ2n) is 4.26. The highest BCUT2D eigenvalue weighted by Gasteiger charge is 2.07. The minimum Gasteiger partial charge on any atom is -0.399 e. The van der Waals surface area contributed by atoms with E-state index < -0.39 is 0 Å². The van der Waals surface area contributed by atoms with Gasteiger partial charge >= 0.3 is 0 Å². The Bertz CT molecular complexity index is 799. The third-order valence-electron chi connectivity index (χ3n) is 2.83. The average Bonchev–Trinajstić information content (AvgIpc) is 2.89. The van der Waals surface area contributed by atoms with E-state index in [0.717, 1.165) is 16.8 Å². The van der Waals surface area contributed by atoms with Crippen LogP contribution in [0.25, 0.3) is 11.0 Å². The molecule has 0 amide bonds. The Balaban J connectivity index is 1.98. The molecule has 1 aromatic carbocycles. The van der Waals surface area contributed by atoms with Crippen LogP contribution < -0.4 is 5.32 Å². The Labute approximate surface area is 125 Å². The molecule has 0 spiro atoms. The maximum absolute atomic E-state index is 5.98. The number of benzene rings is 1. The number of halogens is 1. The highest BCUT2D eigenvalue weighted by atomic mass is 35.5. The van der Waals surface area contributed by atoms with E-state index in [9.17, 15) is 0 Å². The zero-order valence-electron chi connectivity index (χ0n) is 11.2. The molecule has 0 aliphatic carbocycles. The van der Waals surface area contributed by atoms with Crippen molar-refractivity contribution in [2.24, 2.45) is 5.16 Å². The Morgan fingerprint density at radius 1 is 1.33 bits per heavy atom. The summed E-state index contributed by atoms with van der Waals surface area (Å²) >= 11 is 5.98. The summed E-state index contributed by atoms with van der Waals surface area (Å²) in [5.74, 6) is 0.690. The van der Waals surface area contributed by atoms with Gasteiger partial charge in [-0.25, -0.2) is 9.97 Å². The molecule has 2 N–H and O–H groups in total. The molecule has 2 heterocycles. The van der Waals surface area contributed by atoms with Gasteiger partial charge in [0.15, 0.2) is 0 Å². The summed E-state index contributed by atoms with van der Waals surface area (Å²) in [6.07, 6.45) is 3.06. The van der Waals surface area contributed by atoms with Crippen molar-refractivity contribution in [2.45, 2.75) is 0 Å². The van der Waals surface area contributed by atoms with E-state index in [2.05, 4.69) is 30.3 Å². The molecule has 0 saturated heterocycles. The van der Waals surface area contributed by atoms with Crippen molar-refractivity contribution in [1.82, 2.24) is 15.0 Å². The second-order valence-corrected chi connectivity index (χ2v) is 4.70. The number of oxime groups is 1. The molecule has 0 bridgehead atoms. The minimum atomic E-state index is 0.660. The fraction of sp³-hybridized carbons (Fsp3) is 0.0714. The fourth-order valence-corrected chi connectivity index (χ4v) is 2.13. The number of hydrogen-bond donors (Lipinski definition) is 2. The number of nitrogens with zero attached hydrogens (tertiary/aromatic N) is 3. The van der Waals surface area contributed by atoms with Gasteiger partial charge in [0, 0.05) is 10.7 Å². The molecule has 6 nitrogen and oxygen atoms in total. The maximum atomic E-state index is 5.98. The summed E-state index contributed by atoms with van der Waals surface area (Å²) in [4.78, 5) is 16.2. The molecular formula is C14H12ClN5O. The van der Waals surface area contributed by atoms with Crippen LogP contribution >= 0.6 is 11.6 Å². The number of nitrogens with one attached hydrogen (secondary N) is 2. The summed E-state index contributed by atoms with van der Waals surface area (Å²) in [5, 5.41) is 8.46. The van der Waals surface area contributed by atoms with E-state index in [1.165, 1.54) is 13.4 Å². The molecular weight excluding hydrogens is 290 g/mol. The second kappa shape index (κ2) is 5.80. The van der Waals surface area contributed by atoms with Gasteiger partial charge in [-0.2, -0.15) is 0 Å². The topological polar surface area (TPSA) is 75.2 Å². The largest absolute Gasteiger partial charge is 0.399 e. The number of H-pyrrole nitrogens is 1. The zero-order chi connectivity index (χ0) is 14.7. The average molecular weight is 302 g/mol. The normalized spacial score (nSPS) is 11.1. The van der Waals surface area contributed by atoms with Crippen molar-refractivity contribution in [3.05, 3.63) is 47.4 Å². The third-order valence-corrected chi connectivity index (χ3v) is 3.07. The summed E-state index contributed by atoms with van der Waals surface area (Å²) in [7, 11) is 1.49. The lowest BCUT2D eigenvalue weighted by atomic mass is 10.3. The molecule has 0 fully saturated rings. The van der Waals surface area contributed by atoms with E-state index in [1.807, 2.05) is 30.3 Å². The van der Waals surface area contributed by atoms with Crippen molar-refractivity contribution in [1.29, 1.82) is 0 Å². The van der Waals surface area contributed by atoms with Gasteiger partial charge in [0.05, 0.1) is 17.3 Å². The molecule has 0 radical (unpaired) electrons. The van der Waals surface area contributed by atoms with Gasteiger partial charge < -0.3 is 15.1 Å².